The number of carbonyl (C=O) groups is 1. The van der Waals surface area contributed by atoms with Crippen molar-refractivity contribution in [2.75, 3.05) is 26.3 Å². The van der Waals surface area contributed by atoms with Crippen LogP contribution in [0.3, 0.4) is 0 Å². The van der Waals surface area contributed by atoms with Crippen molar-refractivity contribution in [3.8, 4) is 5.75 Å². The lowest BCUT2D eigenvalue weighted by molar-refractivity contribution is -0.153. The van der Waals surface area contributed by atoms with Gasteiger partial charge in [-0.2, -0.15) is 4.31 Å². The van der Waals surface area contributed by atoms with Gasteiger partial charge in [0, 0.05) is 11.6 Å². The highest BCUT2D eigenvalue weighted by molar-refractivity contribution is 7.89. The monoisotopic (exact) mass is 363 g/mol. The predicted molar refractivity (Wildman–Crippen MR) is 83.5 cm³/mol. The summed E-state index contributed by atoms with van der Waals surface area (Å²) in [7, 11) is -3.94. The van der Waals surface area contributed by atoms with Gasteiger partial charge in [0.25, 0.3) is 0 Å². The lowest BCUT2D eigenvalue weighted by Gasteiger charge is -2.30. The summed E-state index contributed by atoms with van der Waals surface area (Å²) in [5, 5.41) is 9.32. The van der Waals surface area contributed by atoms with Gasteiger partial charge in [-0.3, -0.25) is 0 Å². The topological polar surface area (TPSA) is 93.1 Å². The van der Waals surface area contributed by atoms with E-state index in [1.165, 1.54) is 6.07 Å². The largest absolute Gasteiger partial charge is 0.492 e. The zero-order valence-corrected chi connectivity index (χ0v) is 14.4. The first-order valence-corrected chi connectivity index (χ1v) is 8.86. The first kappa shape index (κ1) is 18.0. The molecule has 1 N–H and O–H groups in total. The molecule has 0 amide bonds. The van der Waals surface area contributed by atoms with Crippen LogP contribution in [0.1, 0.15) is 12.5 Å². The number of aliphatic carboxylic acids is 1. The number of halogens is 1. The van der Waals surface area contributed by atoms with E-state index in [9.17, 15) is 13.2 Å². The maximum absolute atomic E-state index is 12.9. The fourth-order valence-corrected chi connectivity index (χ4v) is 4.03. The number of sulfonamides is 1. The lowest BCUT2D eigenvalue weighted by Crippen LogP contribution is -2.48. The van der Waals surface area contributed by atoms with Gasteiger partial charge < -0.3 is 14.6 Å². The smallest absolute Gasteiger partial charge is 0.334 e. The molecule has 128 valence electrons. The van der Waals surface area contributed by atoms with Gasteiger partial charge in [-0.05, 0) is 31.5 Å². The molecule has 1 aromatic rings. The second-order valence-corrected chi connectivity index (χ2v) is 7.36. The molecule has 7 nitrogen and oxygen atoms in total. The van der Waals surface area contributed by atoms with Crippen LogP contribution in [-0.2, 0) is 19.6 Å². The Balaban J connectivity index is 2.42. The molecule has 1 aromatic carbocycles. The van der Waals surface area contributed by atoms with Crippen molar-refractivity contribution in [3.63, 3.8) is 0 Å². The van der Waals surface area contributed by atoms with Crippen LogP contribution in [0.15, 0.2) is 17.0 Å². The third-order valence-corrected chi connectivity index (χ3v) is 5.74. The van der Waals surface area contributed by atoms with Crippen LogP contribution < -0.4 is 4.74 Å². The van der Waals surface area contributed by atoms with Crippen molar-refractivity contribution in [1.29, 1.82) is 0 Å². The van der Waals surface area contributed by atoms with Crippen LogP contribution in [0.4, 0.5) is 0 Å². The van der Waals surface area contributed by atoms with E-state index < -0.39 is 22.1 Å². The molecule has 1 unspecified atom stereocenters. The summed E-state index contributed by atoms with van der Waals surface area (Å²) in [6.07, 6.45) is -1.19. The van der Waals surface area contributed by atoms with Gasteiger partial charge in [0.15, 0.2) is 6.10 Å². The highest BCUT2D eigenvalue weighted by Crippen LogP contribution is 2.33. The van der Waals surface area contributed by atoms with Crippen LogP contribution >= 0.6 is 11.6 Å². The summed E-state index contributed by atoms with van der Waals surface area (Å²) in [4.78, 5) is 11.0. The Hall–Kier alpha value is -1.35. The van der Waals surface area contributed by atoms with E-state index in [0.717, 1.165) is 4.31 Å². The van der Waals surface area contributed by atoms with Gasteiger partial charge in [0.2, 0.25) is 10.0 Å². The summed E-state index contributed by atoms with van der Waals surface area (Å²) in [6.45, 7) is 3.62. The molecule has 1 aliphatic heterocycles. The maximum atomic E-state index is 12.9. The summed E-state index contributed by atoms with van der Waals surface area (Å²) < 4.78 is 37.3. The van der Waals surface area contributed by atoms with Crippen molar-refractivity contribution in [3.05, 3.63) is 22.7 Å². The molecular weight excluding hydrogens is 346 g/mol. The van der Waals surface area contributed by atoms with E-state index in [4.69, 9.17) is 26.2 Å². The van der Waals surface area contributed by atoms with E-state index in [-0.39, 0.29) is 30.3 Å². The minimum Gasteiger partial charge on any atom is -0.492 e. The van der Waals surface area contributed by atoms with Gasteiger partial charge in [0.05, 0.1) is 19.8 Å². The fraction of sp³-hybridized carbons (Fsp3) is 0.500. The van der Waals surface area contributed by atoms with E-state index in [1.54, 1.807) is 19.9 Å². The molecule has 1 atom stereocenters. The van der Waals surface area contributed by atoms with Crippen LogP contribution in [0.5, 0.6) is 5.75 Å². The van der Waals surface area contributed by atoms with Crippen LogP contribution in [0.25, 0.3) is 0 Å². The Labute approximate surface area is 139 Å². The highest BCUT2D eigenvalue weighted by Gasteiger charge is 2.35. The van der Waals surface area contributed by atoms with Crippen molar-refractivity contribution in [2.24, 2.45) is 0 Å². The van der Waals surface area contributed by atoms with Gasteiger partial charge in [-0.25, -0.2) is 13.2 Å². The van der Waals surface area contributed by atoms with Gasteiger partial charge in [-0.15, -0.1) is 0 Å². The number of rotatable bonds is 5. The minimum atomic E-state index is -3.94. The molecule has 1 heterocycles. The maximum Gasteiger partial charge on any atom is 0.334 e. The number of carboxylic acid groups (broad SMARTS) is 1. The normalized spacial score (nSPS) is 19.5. The van der Waals surface area contributed by atoms with Crippen molar-refractivity contribution in [2.45, 2.75) is 24.8 Å². The molecule has 0 spiro atoms. The quantitative estimate of drug-likeness (QED) is 0.852. The Morgan fingerprint density at radius 2 is 2.22 bits per heavy atom. The second kappa shape index (κ2) is 7.04. The number of morpholine rings is 1. The predicted octanol–water partition coefficient (Wildman–Crippen LogP) is 1.52. The number of nitrogens with zero attached hydrogens (tertiary/aromatic N) is 1. The van der Waals surface area contributed by atoms with E-state index in [1.807, 2.05) is 0 Å². The molecule has 9 heteroatoms. The molecule has 0 aliphatic carbocycles. The van der Waals surface area contributed by atoms with E-state index in [0.29, 0.717) is 17.2 Å². The average molecular weight is 364 g/mol. The number of carboxylic acids is 1. The summed E-state index contributed by atoms with van der Waals surface area (Å²) in [5.74, 6) is -0.996. The number of aryl methyl sites for hydroxylation is 1. The molecule has 1 aliphatic rings. The van der Waals surface area contributed by atoms with Crippen LogP contribution in [0, 0.1) is 6.92 Å². The lowest BCUT2D eigenvalue weighted by atomic mass is 10.2. The summed E-state index contributed by atoms with van der Waals surface area (Å²) in [5.41, 5.74) is 0.694. The Morgan fingerprint density at radius 1 is 1.52 bits per heavy atom. The molecule has 0 bridgehead atoms. The summed E-state index contributed by atoms with van der Waals surface area (Å²) >= 11 is 6.05. The van der Waals surface area contributed by atoms with E-state index >= 15 is 0 Å². The Bertz CT molecular complexity index is 705. The number of hydrogen-bond donors (Lipinski definition) is 1. The molecule has 1 fully saturated rings. The third kappa shape index (κ3) is 3.77. The molecule has 23 heavy (non-hydrogen) atoms. The molecule has 0 radical (unpaired) electrons. The molecule has 1 saturated heterocycles. The molecular formula is C14H18ClNO6S. The minimum absolute atomic E-state index is 0.0136. The van der Waals surface area contributed by atoms with Gasteiger partial charge in [-0.1, -0.05) is 11.6 Å². The zero-order valence-electron chi connectivity index (χ0n) is 12.8. The van der Waals surface area contributed by atoms with Gasteiger partial charge >= 0.3 is 5.97 Å². The number of ether oxygens (including phenoxy) is 2. The standard InChI is InChI=1S/C14H18ClNO6S/c1-3-21-11-6-9(2)10(15)7-13(11)23(19,20)16-4-5-22-12(8-16)14(17)18/h6-7,12H,3-5,8H2,1-2H3,(H,17,18). The van der Waals surface area contributed by atoms with Crippen molar-refractivity contribution < 1.29 is 27.8 Å². The van der Waals surface area contributed by atoms with Gasteiger partial charge in [0.1, 0.15) is 10.6 Å². The van der Waals surface area contributed by atoms with Crippen LogP contribution in [-0.4, -0.2) is 56.2 Å². The molecule has 0 saturated carbocycles. The molecule has 0 aromatic heterocycles. The summed E-state index contributed by atoms with van der Waals surface area (Å²) in [6, 6.07) is 2.90. The zero-order chi connectivity index (χ0) is 17.2. The second-order valence-electron chi connectivity index (χ2n) is 5.04. The highest BCUT2D eigenvalue weighted by atomic mass is 35.5. The molecule has 2 rings (SSSR count). The van der Waals surface area contributed by atoms with E-state index in [2.05, 4.69) is 0 Å². The van der Waals surface area contributed by atoms with Crippen molar-refractivity contribution in [1.82, 2.24) is 4.31 Å². The number of benzene rings is 1. The fourth-order valence-electron chi connectivity index (χ4n) is 2.24. The third-order valence-electron chi connectivity index (χ3n) is 3.45. The SMILES string of the molecule is CCOc1cc(C)c(Cl)cc1S(=O)(=O)N1CCOC(C(=O)O)C1. The Morgan fingerprint density at radius 3 is 2.83 bits per heavy atom. The van der Waals surface area contributed by atoms with Crippen molar-refractivity contribution >= 4 is 27.6 Å². The van der Waals surface area contributed by atoms with Crippen LogP contribution in [0.2, 0.25) is 5.02 Å². The first-order chi connectivity index (χ1) is 10.8. The first-order valence-electron chi connectivity index (χ1n) is 7.05. The number of hydrogen-bond acceptors (Lipinski definition) is 5. The average Bonchev–Trinajstić information content (AvgIpc) is 2.51. The Kier molecular flexibility index (Phi) is 5.51.